The van der Waals surface area contributed by atoms with Crippen molar-refractivity contribution in [1.29, 1.82) is 0 Å². The summed E-state index contributed by atoms with van der Waals surface area (Å²) in [7, 11) is 0. The zero-order valence-electron chi connectivity index (χ0n) is 15.3. The molecular weight excluding hydrogens is 461 g/mol. The Bertz CT molecular complexity index is 1200. The van der Waals surface area contributed by atoms with Crippen molar-refractivity contribution in [3.8, 4) is 16.9 Å². The van der Waals surface area contributed by atoms with E-state index in [-0.39, 0.29) is 38.0 Å². The van der Waals surface area contributed by atoms with Crippen LogP contribution in [-0.2, 0) is 12.0 Å². The molecule has 0 radical (unpaired) electrons. The number of nitro groups is 1. The van der Waals surface area contributed by atoms with Gasteiger partial charge in [0.1, 0.15) is 5.75 Å². The molecule has 4 nitrogen and oxygen atoms in total. The van der Waals surface area contributed by atoms with E-state index >= 15 is 0 Å². The predicted octanol–water partition coefficient (Wildman–Crippen LogP) is 7.10. The van der Waals surface area contributed by atoms with Gasteiger partial charge in [0.05, 0.1) is 4.92 Å². The van der Waals surface area contributed by atoms with Crippen molar-refractivity contribution in [2.45, 2.75) is 18.2 Å². The van der Waals surface area contributed by atoms with E-state index in [1.54, 1.807) is 0 Å². The predicted molar refractivity (Wildman–Crippen MR) is 107 cm³/mol. The third-order valence-electron chi connectivity index (χ3n) is 5.06. The molecule has 0 bridgehead atoms. The SMILES string of the molecule is O=[N+]([O-])c1cccc(-c2ccc3c(c2)CC(c2cc(Cl)cc(Cl)c2)(C(F)(F)F)O3)c1F. The summed E-state index contributed by atoms with van der Waals surface area (Å²) in [4.78, 5) is 10.1. The van der Waals surface area contributed by atoms with Crippen LogP contribution in [0.5, 0.6) is 5.75 Å². The lowest BCUT2D eigenvalue weighted by molar-refractivity contribution is -0.387. The normalized spacial score (nSPS) is 17.9. The van der Waals surface area contributed by atoms with E-state index in [9.17, 15) is 27.7 Å². The Morgan fingerprint density at radius 1 is 1.03 bits per heavy atom. The van der Waals surface area contributed by atoms with Crippen molar-refractivity contribution in [3.05, 3.63) is 91.7 Å². The fraction of sp³-hybridized carbons (Fsp3) is 0.143. The molecule has 0 spiro atoms. The molecule has 1 atom stereocenters. The number of fused-ring (bicyclic) bond motifs is 1. The van der Waals surface area contributed by atoms with Gasteiger partial charge in [-0.2, -0.15) is 17.6 Å². The Labute approximate surface area is 183 Å². The molecule has 1 aliphatic rings. The minimum absolute atomic E-state index is 0.0186. The first kappa shape index (κ1) is 21.4. The number of alkyl halides is 3. The number of rotatable bonds is 3. The zero-order valence-corrected chi connectivity index (χ0v) is 16.9. The van der Waals surface area contributed by atoms with Gasteiger partial charge in [-0.1, -0.05) is 41.4 Å². The van der Waals surface area contributed by atoms with Gasteiger partial charge in [-0.3, -0.25) is 10.1 Å². The highest BCUT2D eigenvalue weighted by molar-refractivity contribution is 6.34. The van der Waals surface area contributed by atoms with E-state index in [1.165, 1.54) is 36.4 Å². The van der Waals surface area contributed by atoms with Gasteiger partial charge in [-0.25, -0.2) is 0 Å². The summed E-state index contributed by atoms with van der Waals surface area (Å²) in [6, 6.07) is 11.1. The Morgan fingerprint density at radius 3 is 2.32 bits per heavy atom. The summed E-state index contributed by atoms with van der Waals surface area (Å²) in [6.45, 7) is 0. The van der Waals surface area contributed by atoms with Gasteiger partial charge in [0, 0.05) is 33.7 Å². The fourth-order valence-electron chi connectivity index (χ4n) is 3.63. The van der Waals surface area contributed by atoms with Crippen LogP contribution in [0.3, 0.4) is 0 Å². The molecule has 0 aliphatic carbocycles. The third kappa shape index (κ3) is 3.59. The fourth-order valence-corrected chi connectivity index (χ4v) is 4.16. The highest BCUT2D eigenvalue weighted by atomic mass is 35.5. The number of nitro benzene ring substituents is 1. The molecule has 4 rings (SSSR count). The van der Waals surface area contributed by atoms with Crippen molar-refractivity contribution >= 4 is 28.9 Å². The summed E-state index contributed by atoms with van der Waals surface area (Å²) in [6.07, 6.45) is -5.43. The standard InChI is InChI=1S/C21H11Cl2F4NO3/c22-14-7-13(8-15(23)9-14)20(21(25,26)27)10-12-6-11(4-5-18(12)31-20)16-2-1-3-17(19(16)24)28(29)30/h1-9H,10H2. The van der Waals surface area contributed by atoms with Crippen LogP contribution in [0.15, 0.2) is 54.6 Å². The Kier molecular flexibility index (Phi) is 5.10. The number of hydrogen-bond acceptors (Lipinski definition) is 3. The van der Waals surface area contributed by atoms with Gasteiger partial charge in [-0.05, 0) is 41.5 Å². The van der Waals surface area contributed by atoms with Crippen molar-refractivity contribution in [3.63, 3.8) is 0 Å². The van der Waals surface area contributed by atoms with Gasteiger partial charge in [-0.15, -0.1) is 0 Å². The first-order chi connectivity index (χ1) is 14.5. The van der Waals surface area contributed by atoms with E-state index in [1.807, 2.05) is 0 Å². The molecule has 1 heterocycles. The number of ether oxygens (including phenoxy) is 1. The third-order valence-corrected chi connectivity index (χ3v) is 5.49. The lowest BCUT2D eigenvalue weighted by Crippen LogP contribution is -2.46. The molecule has 0 N–H and O–H groups in total. The monoisotopic (exact) mass is 471 g/mol. The molecule has 0 saturated heterocycles. The lowest BCUT2D eigenvalue weighted by Gasteiger charge is -2.31. The largest absolute Gasteiger partial charge is 0.472 e. The van der Waals surface area contributed by atoms with Crippen molar-refractivity contribution < 1.29 is 27.2 Å². The average molecular weight is 472 g/mol. The number of nitrogens with zero attached hydrogens (tertiary/aromatic N) is 1. The summed E-state index contributed by atoms with van der Waals surface area (Å²) < 4.78 is 62.6. The highest BCUT2D eigenvalue weighted by Crippen LogP contribution is 2.52. The summed E-state index contributed by atoms with van der Waals surface area (Å²) in [5.41, 5.74) is -3.48. The lowest BCUT2D eigenvalue weighted by atomic mass is 9.87. The maximum Gasteiger partial charge on any atom is 0.432 e. The molecule has 0 fully saturated rings. The second-order valence-corrected chi connectivity index (χ2v) is 7.85. The number of halogens is 6. The number of hydrogen-bond donors (Lipinski definition) is 0. The van der Waals surface area contributed by atoms with E-state index in [0.717, 1.165) is 18.2 Å². The minimum Gasteiger partial charge on any atom is -0.472 e. The van der Waals surface area contributed by atoms with E-state index in [2.05, 4.69) is 0 Å². The van der Waals surface area contributed by atoms with E-state index in [4.69, 9.17) is 27.9 Å². The van der Waals surface area contributed by atoms with E-state index in [0.29, 0.717) is 0 Å². The first-order valence-corrected chi connectivity index (χ1v) is 9.56. The topological polar surface area (TPSA) is 52.4 Å². The Balaban J connectivity index is 1.82. The average Bonchev–Trinajstić information content (AvgIpc) is 3.07. The molecule has 31 heavy (non-hydrogen) atoms. The maximum atomic E-state index is 14.6. The van der Waals surface area contributed by atoms with Crippen LogP contribution in [-0.4, -0.2) is 11.1 Å². The highest BCUT2D eigenvalue weighted by Gasteiger charge is 2.61. The second-order valence-electron chi connectivity index (χ2n) is 6.98. The van der Waals surface area contributed by atoms with Crippen molar-refractivity contribution in [2.75, 3.05) is 0 Å². The van der Waals surface area contributed by atoms with Crippen LogP contribution in [0, 0.1) is 15.9 Å². The van der Waals surface area contributed by atoms with Crippen LogP contribution in [0.4, 0.5) is 23.2 Å². The summed E-state index contributed by atoms with van der Waals surface area (Å²) in [5.74, 6) is -1.11. The molecule has 1 aliphatic heterocycles. The second kappa shape index (κ2) is 7.39. The number of benzene rings is 3. The Hall–Kier alpha value is -2.84. The molecule has 160 valence electrons. The quantitative estimate of drug-likeness (QED) is 0.232. The summed E-state index contributed by atoms with van der Waals surface area (Å²) >= 11 is 11.8. The smallest absolute Gasteiger partial charge is 0.432 e. The van der Waals surface area contributed by atoms with Gasteiger partial charge in [0.15, 0.2) is 0 Å². The molecule has 10 heteroatoms. The van der Waals surface area contributed by atoms with Gasteiger partial charge in [0.25, 0.3) is 0 Å². The molecular formula is C21H11Cl2F4NO3. The van der Waals surface area contributed by atoms with Crippen molar-refractivity contribution in [2.24, 2.45) is 0 Å². The molecule has 0 amide bonds. The zero-order chi connectivity index (χ0) is 22.6. The van der Waals surface area contributed by atoms with E-state index < -0.39 is 34.6 Å². The Morgan fingerprint density at radius 2 is 1.71 bits per heavy atom. The van der Waals surface area contributed by atoms with Crippen LogP contribution in [0.2, 0.25) is 10.0 Å². The maximum absolute atomic E-state index is 14.6. The van der Waals surface area contributed by atoms with Crippen LogP contribution < -0.4 is 4.74 Å². The molecule has 0 saturated carbocycles. The van der Waals surface area contributed by atoms with Crippen LogP contribution >= 0.6 is 23.2 Å². The minimum atomic E-state index is -4.82. The first-order valence-electron chi connectivity index (χ1n) is 8.80. The summed E-state index contributed by atoms with van der Waals surface area (Å²) in [5, 5.41) is 11.0. The molecule has 3 aromatic rings. The van der Waals surface area contributed by atoms with Gasteiger partial charge < -0.3 is 4.74 Å². The van der Waals surface area contributed by atoms with Crippen molar-refractivity contribution in [1.82, 2.24) is 0 Å². The molecule has 1 unspecified atom stereocenters. The van der Waals surface area contributed by atoms with Crippen LogP contribution in [0.25, 0.3) is 11.1 Å². The molecule has 0 aromatic heterocycles. The molecule has 3 aromatic carbocycles. The van der Waals surface area contributed by atoms with Crippen LogP contribution in [0.1, 0.15) is 11.1 Å². The van der Waals surface area contributed by atoms with Gasteiger partial charge >= 0.3 is 11.9 Å². The van der Waals surface area contributed by atoms with Gasteiger partial charge in [0.2, 0.25) is 11.4 Å².